The number of aryl methyl sites for hydroxylation is 1. The summed E-state index contributed by atoms with van der Waals surface area (Å²) in [6.07, 6.45) is 3.62. The molecule has 0 spiro atoms. The second-order valence-corrected chi connectivity index (χ2v) is 4.24. The zero-order chi connectivity index (χ0) is 11.5. The molecule has 0 bridgehead atoms. The number of hydrogen-bond donors (Lipinski definition) is 2. The molecule has 1 amide bonds. The Bertz CT molecular complexity index is 377. The van der Waals surface area contributed by atoms with Gasteiger partial charge in [0.2, 0.25) is 11.8 Å². The molecule has 1 aliphatic carbocycles. The molecule has 2 unspecified atom stereocenters. The van der Waals surface area contributed by atoms with Crippen LogP contribution in [0.1, 0.15) is 31.6 Å². The third kappa shape index (κ3) is 2.57. The number of carbonyl (C=O) groups is 1. The van der Waals surface area contributed by atoms with Crippen molar-refractivity contribution in [2.75, 3.05) is 5.32 Å². The molecule has 6 heteroatoms. The van der Waals surface area contributed by atoms with Crippen molar-refractivity contribution in [1.82, 2.24) is 10.2 Å². The Labute approximate surface area is 93.6 Å². The summed E-state index contributed by atoms with van der Waals surface area (Å²) in [5.74, 6) is 0.338. The van der Waals surface area contributed by atoms with Gasteiger partial charge in [-0.3, -0.25) is 10.1 Å². The number of nitrogens with one attached hydrogen (secondary N) is 1. The van der Waals surface area contributed by atoms with E-state index in [0.29, 0.717) is 5.89 Å². The summed E-state index contributed by atoms with van der Waals surface area (Å²) >= 11 is 0. The van der Waals surface area contributed by atoms with Crippen LogP contribution in [0.4, 0.5) is 6.01 Å². The van der Waals surface area contributed by atoms with Gasteiger partial charge in [-0.15, -0.1) is 5.10 Å². The van der Waals surface area contributed by atoms with E-state index in [0.717, 1.165) is 25.7 Å². The van der Waals surface area contributed by atoms with E-state index in [9.17, 15) is 4.79 Å². The molecule has 0 aliphatic heterocycles. The molecule has 1 aliphatic rings. The summed E-state index contributed by atoms with van der Waals surface area (Å²) in [6.45, 7) is 1.68. The van der Waals surface area contributed by atoms with Gasteiger partial charge in [-0.1, -0.05) is 11.5 Å². The monoisotopic (exact) mass is 224 g/mol. The Hall–Kier alpha value is -1.43. The molecule has 1 aromatic heterocycles. The maximum atomic E-state index is 11.8. The fraction of sp³-hybridized carbons (Fsp3) is 0.700. The fourth-order valence-electron chi connectivity index (χ4n) is 2.02. The third-order valence-electron chi connectivity index (χ3n) is 2.84. The molecule has 1 fully saturated rings. The lowest BCUT2D eigenvalue weighted by Crippen LogP contribution is -2.34. The first-order chi connectivity index (χ1) is 7.65. The first-order valence-electron chi connectivity index (χ1n) is 5.51. The third-order valence-corrected chi connectivity index (χ3v) is 2.84. The average molecular weight is 224 g/mol. The molecule has 0 radical (unpaired) electrons. The van der Waals surface area contributed by atoms with Gasteiger partial charge < -0.3 is 10.2 Å². The Morgan fingerprint density at radius 3 is 2.94 bits per heavy atom. The summed E-state index contributed by atoms with van der Waals surface area (Å²) in [5.41, 5.74) is 5.83. The van der Waals surface area contributed by atoms with Gasteiger partial charge in [-0.25, -0.2) is 0 Å². The van der Waals surface area contributed by atoms with Gasteiger partial charge in [0, 0.05) is 18.9 Å². The Morgan fingerprint density at radius 1 is 1.50 bits per heavy atom. The van der Waals surface area contributed by atoms with Gasteiger partial charge >= 0.3 is 6.01 Å². The summed E-state index contributed by atoms with van der Waals surface area (Å²) < 4.78 is 5.09. The predicted molar refractivity (Wildman–Crippen MR) is 57.6 cm³/mol. The summed E-state index contributed by atoms with van der Waals surface area (Å²) in [4.78, 5) is 11.8. The molecule has 0 saturated heterocycles. The smallest absolute Gasteiger partial charge is 0.322 e. The normalized spacial score (nSPS) is 25.4. The molecule has 2 rings (SSSR count). The molecule has 2 atom stereocenters. The Morgan fingerprint density at radius 2 is 2.31 bits per heavy atom. The standard InChI is InChI=1S/C10H16N4O2/c1-6-13-14-10(16-6)12-9(15)7-3-2-4-8(11)5-7/h7-8H,2-5,11H2,1H3,(H,12,14,15). The second-order valence-electron chi connectivity index (χ2n) is 4.24. The van der Waals surface area contributed by atoms with E-state index in [2.05, 4.69) is 15.5 Å². The van der Waals surface area contributed by atoms with Crippen molar-refractivity contribution in [1.29, 1.82) is 0 Å². The minimum absolute atomic E-state index is 0.0315. The number of amides is 1. The van der Waals surface area contributed by atoms with Gasteiger partial charge in [-0.2, -0.15) is 0 Å². The lowest BCUT2D eigenvalue weighted by atomic mass is 9.85. The molecule has 16 heavy (non-hydrogen) atoms. The van der Waals surface area contributed by atoms with E-state index in [1.54, 1.807) is 6.92 Å². The second kappa shape index (κ2) is 4.61. The van der Waals surface area contributed by atoms with Gasteiger partial charge in [0.1, 0.15) is 0 Å². The van der Waals surface area contributed by atoms with E-state index >= 15 is 0 Å². The van der Waals surface area contributed by atoms with Crippen LogP contribution >= 0.6 is 0 Å². The predicted octanol–water partition coefficient (Wildman–Crippen LogP) is 0.834. The van der Waals surface area contributed by atoms with Gasteiger partial charge in [0.05, 0.1) is 0 Å². The molecule has 6 nitrogen and oxygen atoms in total. The number of carbonyl (C=O) groups excluding carboxylic acids is 1. The zero-order valence-corrected chi connectivity index (χ0v) is 9.27. The van der Waals surface area contributed by atoms with Crippen molar-refractivity contribution >= 4 is 11.9 Å². The zero-order valence-electron chi connectivity index (χ0n) is 9.27. The van der Waals surface area contributed by atoms with Crippen LogP contribution in [0.25, 0.3) is 0 Å². The molecule has 3 N–H and O–H groups in total. The lowest BCUT2D eigenvalue weighted by Gasteiger charge is -2.24. The molecule has 0 aromatic carbocycles. The number of nitrogens with two attached hydrogens (primary N) is 1. The topological polar surface area (TPSA) is 94.0 Å². The molecular weight excluding hydrogens is 208 g/mol. The molecule has 1 heterocycles. The molecule has 1 saturated carbocycles. The summed E-state index contributed by atoms with van der Waals surface area (Å²) in [7, 11) is 0. The minimum Gasteiger partial charge on any atom is -0.408 e. The lowest BCUT2D eigenvalue weighted by molar-refractivity contribution is -0.121. The van der Waals surface area contributed by atoms with Crippen LogP contribution < -0.4 is 11.1 Å². The fourth-order valence-corrected chi connectivity index (χ4v) is 2.02. The first kappa shape index (κ1) is 11.1. The Kier molecular flexibility index (Phi) is 3.19. The van der Waals surface area contributed by atoms with E-state index in [-0.39, 0.29) is 23.9 Å². The number of aromatic nitrogens is 2. The number of nitrogens with zero attached hydrogens (tertiary/aromatic N) is 2. The van der Waals surface area contributed by atoms with Crippen molar-refractivity contribution in [3.63, 3.8) is 0 Å². The number of hydrogen-bond acceptors (Lipinski definition) is 5. The van der Waals surface area contributed by atoms with Crippen molar-refractivity contribution < 1.29 is 9.21 Å². The highest BCUT2D eigenvalue weighted by atomic mass is 16.4. The minimum atomic E-state index is -0.0706. The van der Waals surface area contributed by atoms with Crippen molar-refractivity contribution in [3.8, 4) is 0 Å². The van der Waals surface area contributed by atoms with Crippen molar-refractivity contribution in [2.24, 2.45) is 11.7 Å². The van der Waals surface area contributed by atoms with Crippen LogP contribution in [-0.2, 0) is 4.79 Å². The molecule has 1 aromatic rings. The van der Waals surface area contributed by atoms with E-state index in [1.165, 1.54) is 0 Å². The highest BCUT2D eigenvalue weighted by Gasteiger charge is 2.26. The number of rotatable bonds is 2. The summed E-state index contributed by atoms with van der Waals surface area (Å²) in [5, 5.41) is 9.98. The van der Waals surface area contributed by atoms with E-state index in [1.807, 2.05) is 0 Å². The van der Waals surface area contributed by atoms with Crippen molar-refractivity contribution in [2.45, 2.75) is 38.6 Å². The molecular formula is C10H16N4O2. The van der Waals surface area contributed by atoms with Crippen LogP contribution in [0.3, 0.4) is 0 Å². The van der Waals surface area contributed by atoms with Gasteiger partial charge in [0.15, 0.2) is 0 Å². The maximum Gasteiger partial charge on any atom is 0.322 e. The van der Waals surface area contributed by atoms with Crippen molar-refractivity contribution in [3.05, 3.63) is 5.89 Å². The van der Waals surface area contributed by atoms with E-state index in [4.69, 9.17) is 10.2 Å². The average Bonchev–Trinajstić information content (AvgIpc) is 2.64. The number of anilines is 1. The highest BCUT2D eigenvalue weighted by Crippen LogP contribution is 2.24. The van der Waals surface area contributed by atoms with Crippen LogP contribution in [0.15, 0.2) is 4.42 Å². The van der Waals surface area contributed by atoms with Crippen LogP contribution in [0, 0.1) is 12.8 Å². The molecule has 88 valence electrons. The highest BCUT2D eigenvalue weighted by molar-refractivity contribution is 5.90. The van der Waals surface area contributed by atoms with Crippen LogP contribution in [0.2, 0.25) is 0 Å². The summed E-state index contributed by atoms with van der Waals surface area (Å²) in [6, 6.07) is 0.301. The van der Waals surface area contributed by atoms with E-state index < -0.39 is 0 Å². The quantitative estimate of drug-likeness (QED) is 0.776. The Balaban J connectivity index is 1.92. The maximum absolute atomic E-state index is 11.8. The first-order valence-corrected chi connectivity index (χ1v) is 5.51. The van der Waals surface area contributed by atoms with Gasteiger partial charge in [-0.05, 0) is 19.3 Å². The van der Waals surface area contributed by atoms with Gasteiger partial charge in [0.25, 0.3) is 0 Å². The SMILES string of the molecule is Cc1nnc(NC(=O)C2CCCC(N)C2)o1. The van der Waals surface area contributed by atoms with Crippen LogP contribution in [-0.4, -0.2) is 22.1 Å². The van der Waals surface area contributed by atoms with Crippen LogP contribution in [0.5, 0.6) is 0 Å². The largest absolute Gasteiger partial charge is 0.408 e.